The van der Waals surface area contributed by atoms with Gasteiger partial charge in [-0.15, -0.1) is 0 Å². The number of anilines is 1. The third-order valence-electron chi connectivity index (χ3n) is 6.23. The Morgan fingerprint density at radius 1 is 1.07 bits per heavy atom. The van der Waals surface area contributed by atoms with E-state index in [4.69, 9.17) is 11.6 Å². The van der Waals surface area contributed by atoms with E-state index in [1.165, 1.54) is 24.5 Å². The summed E-state index contributed by atoms with van der Waals surface area (Å²) < 4.78 is 13.8. The second-order valence-corrected chi connectivity index (χ2v) is 8.47. The van der Waals surface area contributed by atoms with Crippen molar-refractivity contribution >= 4 is 28.2 Å². The van der Waals surface area contributed by atoms with Crippen LogP contribution in [0, 0.1) is 17.7 Å². The average molecular weight is 397 g/mol. The quantitative estimate of drug-likeness (QED) is 0.499. The van der Waals surface area contributed by atoms with Gasteiger partial charge in [-0.25, -0.2) is 4.39 Å². The average Bonchev–Trinajstić information content (AvgIpc) is 2.73. The van der Waals surface area contributed by atoms with Gasteiger partial charge in [0, 0.05) is 28.8 Å². The van der Waals surface area contributed by atoms with Crippen molar-refractivity contribution in [3.63, 3.8) is 0 Å². The molecule has 2 nitrogen and oxygen atoms in total. The van der Waals surface area contributed by atoms with Crippen molar-refractivity contribution in [3.8, 4) is 0 Å². The van der Waals surface area contributed by atoms with Gasteiger partial charge in [-0.3, -0.25) is 4.98 Å². The van der Waals surface area contributed by atoms with Crippen LogP contribution in [-0.4, -0.2) is 11.5 Å². The summed E-state index contributed by atoms with van der Waals surface area (Å²) in [6.45, 7) is 3.31. The predicted molar refractivity (Wildman–Crippen MR) is 116 cm³/mol. The zero-order valence-electron chi connectivity index (χ0n) is 16.2. The first-order valence-corrected chi connectivity index (χ1v) is 10.5. The Morgan fingerprint density at radius 2 is 1.82 bits per heavy atom. The number of hydrogen-bond donors (Lipinski definition) is 1. The molecule has 1 aliphatic rings. The van der Waals surface area contributed by atoms with Gasteiger partial charge in [0.25, 0.3) is 0 Å². The molecular formula is C24H26ClFN2. The van der Waals surface area contributed by atoms with E-state index in [1.54, 1.807) is 12.1 Å². The van der Waals surface area contributed by atoms with Crippen LogP contribution in [0.4, 0.5) is 10.1 Å². The molecule has 0 bridgehead atoms. The molecule has 3 aromatic rings. The van der Waals surface area contributed by atoms with Crippen LogP contribution in [0.1, 0.15) is 44.1 Å². The van der Waals surface area contributed by atoms with Crippen LogP contribution >= 0.6 is 11.6 Å². The molecule has 1 aromatic heterocycles. The summed E-state index contributed by atoms with van der Waals surface area (Å²) in [5, 5.41) is 5.27. The lowest BCUT2D eigenvalue weighted by Gasteiger charge is -2.33. The van der Waals surface area contributed by atoms with Crippen molar-refractivity contribution in [3.05, 3.63) is 71.1 Å². The highest BCUT2D eigenvalue weighted by atomic mass is 35.5. The van der Waals surface area contributed by atoms with Gasteiger partial charge in [0.1, 0.15) is 5.82 Å². The van der Waals surface area contributed by atoms with Crippen LogP contribution in [-0.2, 0) is 0 Å². The minimum absolute atomic E-state index is 0.183. The molecule has 1 saturated carbocycles. The highest BCUT2D eigenvalue weighted by molar-refractivity contribution is 6.30. The Kier molecular flexibility index (Phi) is 5.82. The van der Waals surface area contributed by atoms with E-state index in [0.29, 0.717) is 11.8 Å². The van der Waals surface area contributed by atoms with Crippen LogP contribution in [0.25, 0.3) is 10.9 Å². The first-order chi connectivity index (χ1) is 13.6. The molecule has 1 aliphatic carbocycles. The van der Waals surface area contributed by atoms with Gasteiger partial charge in [0.05, 0.1) is 5.52 Å². The summed E-state index contributed by atoms with van der Waals surface area (Å²) in [7, 11) is 0. The number of nitrogens with zero attached hydrogens (tertiary/aromatic N) is 1. The Bertz CT molecular complexity index is 933. The van der Waals surface area contributed by atoms with Crippen LogP contribution < -0.4 is 5.32 Å². The molecule has 0 saturated heterocycles. The lowest BCUT2D eigenvalue weighted by atomic mass is 9.74. The fourth-order valence-corrected chi connectivity index (χ4v) is 4.63. The van der Waals surface area contributed by atoms with E-state index in [0.717, 1.165) is 46.9 Å². The van der Waals surface area contributed by atoms with Gasteiger partial charge >= 0.3 is 0 Å². The molecule has 1 heterocycles. The zero-order valence-corrected chi connectivity index (χ0v) is 16.9. The second-order valence-electron chi connectivity index (χ2n) is 8.04. The summed E-state index contributed by atoms with van der Waals surface area (Å²) in [5.41, 5.74) is 3.27. The number of aromatic nitrogens is 1. The molecule has 1 atom stereocenters. The van der Waals surface area contributed by atoms with Gasteiger partial charge in [-0.2, -0.15) is 0 Å². The van der Waals surface area contributed by atoms with Gasteiger partial charge in [0.15, 0.2) is 0 Å². The number of fused-ring (bicyclic) bond motifs is 1. The molecule has 4 heteroatoms. The monoisotopic (exact) mass is 396 g/mol. The predicted octanol–water partition coefficient (Wildman–Crippen LogP) is 7.05. The summed E-state index contributed by atoms with van der Waals surface area (Å²) >= 11 is 5.95. The van der Waals surface area contributed by atoms with Crippen molar-refractivity contribution in [2.45, 2.75) is 38.5 Å². The highest BCUT2D eigenvalue weighted by Crippen LogP contribution is 2.40. The van der Waals surface area contributed by atoms with Crippen molar-refractivity contribution in [1.82, 2.24) is 4.98 Å². The van der Waals surface area contributed by atoms with Gasteiger partial charge < -0.3 is 5.32 Å². The maximum atomic E-state index is 13.8. The SMILES string of the molecule is C[C@@H](CNc1ccc(Cl)cc1)C1CCC(c2ccnc3ccc(F)cc23)CC1. The summed E-state index contributed by atoms with van der Waals surface area (Å²) in [6.07, 6.45) is 6.61. The smallest absolute Gasteiger partial charge is 0.123 e. The molecule has 0 amide bonds. The fourth-order valence-electron chi connectivity index (χ4n) is 4.51. The highest BCUT2D eigenvalue weighted by Gasteiger charge is 2.27. The largest absolute Gasteiger partial charge is 0.385 e. The number of benzene rings is 2. The van der Waals surface area contributed by atoms with Crippen LogP contribution in [0.15, 0.2) is 54.7 Å². The molecule has 0 radical (unpaired) electrons. The molecule has 1 N–H and O–H groups in total. The number of halogens is 2. The van der Waals surface area contributed by atoms with Crippen LogP contribution in [0.2, 0.25) is 5.02 Å². The Balaban J connectivity index is 1.37. The summed E-state index contributed by atoms with van der Waals surface area (Å²) in [5.74, 6) is 1.65. The number of hydrogen-bond acceptors (Lipinski definition) is 2. The van der Waals surface area contributed by atoms with Crippen molar-refractivity contribution in [2.24, 2.45) is 11.8 Å². The van der Waals surface area contributed by atoms with Crippen molar-refractivity contribution in [2.75, 3.05) is 11.9 Å². The van der Waals surface area contributed by atoms with E-state index in [9.17, 15) is 4.39 Å². The molecule has 0 spiro atoms. The number of rotatable bonds is 5. The first kappa shape index (κ1) is 19.2. The lowest BCUT2D eigenvalue weighted by molar-refractivity contribution is 0.254. The van der Waals surface area contributed by atoms with E-state index in [1.807, 2.05) is 30.5 Å². The Hall–Kier alpha value is -2.13. The number of pyridine rings is 1. The third kappa shape index (κ3) is 4.30. The standard InChI is InChI=1S/C24H26ClFN2/c1-16(15-28-21-9-6-19(25)7-10-21)17-2-4-18(5-3-17)22-12-13-27-24-11-8-20(26)14-23(22)24/h6-14,16-18,28H,2-5,15H2,1H3/t16-,17?,18?/m0/s1. The van der Waals surface area contributed by atoms with Gasteiger partial charge in [-0.05, 0) is 97.5 Å². The third-order valence-corrected chi connectivity index (χ3v) is 6.48. The first-order valence-electron chi connectivity index (χ1n) is 10.1. The van der Waals surface area contributed by atoms with E-state index >= 15 is 0 Å². The second kappa shape index (κ2) is 8.48. The minimum atomic E-state index is -0.183. The van der Waals surface area contributed by atoms with E-state index < -0.39 is 0 Å². The molecule has 0 unspecified atom stereocenters. The molecule has 146 valence electrons. The van der Waals surface area contributed by atoms with Gasteiger partial charge in [0.2, 0.25) is 0 Å². The van der Waals surface area contributed by atoms with Gasteiger partial charge in [-0.1, -0.05) is 18.5 Å². The Morgan fingerprint density at radius 3 is 2.57 bits per heavy atom. The minimum Gasteiger partial charge on any atom is -0.385 e. The molecule has 0 aliphatic heterocycles. The van der Waals surface area contributed by atoms with E-state index in [-0.39, 0.29) is 5.82 Å². The molecule has 28 heavy (non-hydrogen) atoms. The van der Waals surface area contributed by atoms with Crippen molar-refractivity contribution < 1.29 is 4.39 Å². The maximum absolute atomic E-state index is 13.8. The Labute approximate surface area is 171 Å². The van der Waals surface area contributed by atoms with Crippen molar-refractivity contribution in [1.29, 1.82) is 0 Å². The maximum Gasteiger partial charge on any atom is 0.123 e. The molecular weight excluding hydrogens is 371 g/mol. The zero-order chi connectivity index (χ0) is 19.5. The van der Waals surface area contributed by atoms with Crippen LogP contribution in [0.5, 0.6) is 0 Å². The normalized spacial score (nSPS) is 20.8. The topological polar surface area (TPSA) is 24.9 Å². The summed E-state index contributed by atoms with van der Waals surface area (Å²) in [6, 6.07) is 14.9. The summed E-state index contributed by atoms with van der Waals surface area (Å²) in [4.78, 5) is 4.40. The lowest BCUT2D eigenvalue weighted by Crippen LogP contribution is -2.24. The van der Waals surface area contributed by atoms with Crippen LogP contribution in [0.3, 0.4) is 0 Å². The molecule has 1 fully saturated rings. The molecule has 4 rings (SSSR count). The number of nitrogens with one attached hydrogen (secondary N) is 1. The fraction of sp³-hybridized carbons (Fsp3) is 0.375. The van der Waals surface area contributed by atoms with E-state index in [2.05, 4.69) is 23.3 Å². The molecule has 2 aromatic carbocycles.